The van der Waals surface area contributed by atoms with E-state index in [0.29, 0.717) is 0 Å². The lowest BCUT2D eigenvalue weighted by Gasteiger charge is -2.03. The molecule has 0 amide bonds. The van der Waals surface area contributed by atoms with Crippen molar-refractivity contribution in [2.24, 2.45) is 0 Å². The molecule has 1 aliphatic rings. The van der Waals surface area contributed by atoms with Crippen molar-refractivity contribution in [1.82, 2.24) is 0 Å². The number of halogens is 3. The predicted molar refractivity (Wildman–Crippen MR) is 17.9 cm³/mol. The third-order valence-corrected chi connectivity index (χ3v) is 0.592. The Morgan fingerprint density at radius 2 is 1.89 bits per heavy atom. The molecule has 52 valence electrons. The fraction of sp³-hybridized carbons (Fsp3) is 0.333. The Bertz CT molecular complexity index is 148. The largest absolute Gasteiger partial charge is 0.590 e. The van der Waals surface area contributed by atoms with Crippen LogP contribution in [-0.2, 0) is 9.47 Å². The van der Waals surface area contributed by atoms with Crippen LogP contribution in [0.4, 0.5) is 13.2 Å². The molecule has 0 aromatic carbocycles. The van der Waals surface area contributed by atoms with Gasteiger partial charge in [0.1, 0.15) is 0 Å². The van der Waals surface area contributed by atoms with E-state index >= 15 is 0 Å². The first-order valence-electron chi connectivity index (χ1n) is 1.86. The summed E-state index contributed by atoms with van der Waals surface area (Å²) in [6.45, 7) is 0. The van der Waals surface area contributed by atoms with Crippen molar-refractivity contribution < 1.29 is 27.8 Å². The molecule has 1 N–H and O–H groups in total. The van der Waals surface area contributed by atoms with Gasteiger partial charge in [0.2, 0.25) is 0 Å². The highest BCUT2D eigenvalue weighted by atomic mass is 19.3. The molecule has 0 saturated heterocycles. The Balaban J connectivity index is 2.70. The molecule has 0 fully saturated rings. The van der Waals surface area contributed by atoms with Gasteiger partial charge in [0.15, 0.2) is 0 Å². The molecule has 0 spiro atoms. The lowest BCUT2D eigenvalue weighted by atomic mass is 10.9. The molecule has 1 heterocycles. The molecule has 0 radical (unpaired) electrons. The number of hydrogen-bond donors (Lipinski definition) is 1. The summed E-state index contributed by atoms with van der Waals surface area (Å²) in [6, 6.07) is -1.81. The second kappa shape index (κ2) is 1.46. The van der Waals surface area contributed by atoms with Gasteiger partial charge in [0.25, 0.3) is 0 Å². The maximum atomic E-state index is 11.6. The Kier molecular flexibility index (Phi) is 0.981. The van der Waals surface area contributed by atoms with Crippen LogP contribution in [0.5, 0.6) is 0 Å². The van der Waals surface area contributed by atoms with Gasteiger partial charge < -0.3 is 14.6 Å². The van der Waals surface area contributed by atoms with E-state index in [4.69, 9.17) is 5.11 Å². The first kappa shape index (κ1) is 6.06. The van der Waals surface area contributed by atoms with Crippen LogP contribution in [0, 0.1) is 0 Å². The minimum absolute atomic E-state index is 1.53. The van der Waals surface area contributed by atoms with Gasteiger partial charge in [-0.3, -0.25) is 0 Å². The molecule has 0 aromatic rings. The standard InChI is InChI=1S/C3HF3O3/c4-1-2(7)9-3(5,6)8-1/h7H. The number of ether oxygens (including phenoxy) is 2. The van der Waals surface area contributed by atoms with Gasteiger partial charge in [-0.15, -0.1) is 8.78 Å². The van der Waals surface area contributed by atoms with E-state index in [1.165, 1.54) is 0 Å². The van der Waals surface area contributed by atoms with Crippen molar-refractivity contribution >= 4 is 0 Å². The van der Waals surface area contributed by atoms with E-state index in [9.17, 15) is 13.2 Å². The van der Waals surface area contributed by atoms with E-state index < -0.39 is 18.3 Å². The van der Waals surface area contributed by atoms with Crippen molar-refractivity contribution in [2.75, 3.05) is 0 Å². The molecule has 0 saturated carbocycles. The SMILES string of the molecule is OC1=C(F)OC(F)(F)O1. The summed E-state index contributed by atoms with van der Waals surface area (Å²) in [6.07, 6.45) is -4.06. The average molecular weight is 142 g/mol. The maximum absolute atomic E-state index is 11.6. The maximum Gasteiger partial charge on any atom is 0.590 e. The molecular formula is C3HF3O3. The minimum Gasteiger partial charge on any atom is -0.476 e. The van der Waals surface area contributed by atoms with Gasteiger partial charge in [0.05, 0.1) is 0 Å². The van der Waals surface area contributed by atoms with Gasteiger partial charge in [-0.2, -0.15) is 4.39 Å². The summed E-state index contributed by atoms with van der Waals surface area (Å²) >= 11 is 0. The van der Waals surface area contributed by atoms with Gasteiger partial charge >= 0.3 is 18.3 Å². The van der Waals surface area contributed by atoms with E-state index in [-0.39, 0.29) is 0 Å². The number of hydrogen-bond acceptors (Lipinski definition) is 3. The Morgan fingerprint density at radius 1 is 1.33 bits per heavy atom. The van der Waals surface area contributed by atoms with Crippen LogP contribution in [0.3, 0.4) is 0 Å². The van der Waals surface area contributed by atoms with Crippen molar-refractivity contribution in [1.29, 1.82) is 0 Å². The highest BCUT2D eigenvalue weighted by molar-refractivity contribution is 4.87. The zero-order chi connectivity index (χ0) is 7.07. The molecule has 1 aliphatic heterocycles. The fourth-order valence-electron chi connectivity index (χ4n) is 0.321. The number of rotatable bonds is 0. The smallest absolute Gasteiger partial charge is 0.476 e. The topological polar surface area (TPSA) is 38.7 Å². The molecule has 0 bridgehead atoms. The molecule has 9 heavy (non-hydrogen) atoms. The van der Waals surface area contributed by atoms with Crippen molar-refractivity contribution in [3.05, 3.63) is 12.0 Å². The Hall–Kier alpha value is -1.07. The van der Waals surface area contributed by atoms with Crippen LogP contribution in [0.1, 0.15) is 0 Å². The summed E-state index contributed by atoms with van der Waals surface area (Å²) in [5.41, 5.74) is 0. The van der Waals surface area contributed by atoms with E-state index in [2.05, 4.69) is 9.47 Å². The summed E-state index contributed by atoms with van der Waals surface area (Å²) in [4.78, 5) is 0. The normalized spacial score (nSPS) is 23.4. The summed E-state index contributed by atoms with van der Waals surface area (Å²) in [5.74, 6) is -1.53. The fourth-order valence-corrected chi connectivity index (χ4v) is 0.321. The number of aliphatic hydroxyl groups is 1. The number of alkyl halides is 2. The summed E-state index contributed by atoms with van der Waals surface area (Å²) in [7, 11) is 0. The molecule has 0 aromatic heterocycles. The predicted octanol–water partition coefficient (Wildman–Crippen LogP) is 1.24. The average Bonchev–Trinajstić information content (AvgIpc) is 1.79. The minimum atomic E-state index is -4.06. The van der Waals surface area contributed by atoms with Gasteiger partial charge in [0, 0.05) is 0 Å². The molecule has 0 unspecified atom stereocenters. The van der Waals surface area contributed by atoms with Crippen LogP contribution >= 0.6 is 0 Å². The van der Waals surface area contributed by atoms with Crippen LogP contribution in [0.15, 0.2) is 12.0 Å². The summed E-state index contributed by atoms with van der Waals surface area (Å²) in [5, 5.41) is 8.01. The van der Waals surface area contributed by atoms with Crippen LogP contribution in [0.25, 0.3) is 0 Å². The first-order valence-corrected chi connectivity index (χ1v) is 1.86. The second-order valence-electron chi connectivity index (χ2n) is 1.25. The first-order chi connectivity index (χ1) is 4.01. The molecule has 6 heteroatoms. The van der Waals surface area contributed by atoms with Crippen molar-refractivity contribution in [3.63, 3.8) is 0 Å². The zero-order valence-electron chi connectivity index (χ0n) is 3.90. The summed E-state index contributed by atoms with van der Waals surface area (Å²) < 4.78 is 41.0. The van der Waals surface area contributed by atoms with E-state index in [0.717, 1.165) is 0 Å². The van der Waals surface area contributed by atoms with Gasteiger partial charge in [-0.05, 0) is 0 Å². The third-order valence-electron chi connectivity index (χ3n) is 0.592. The van der Waals surface area contributed by atoms with Crippen LogP contribution in [-0.4, -0.2) is 11.4 Å². The van der Waals surface area contributed by atoms with Gasteiger partial charge in [-0.1, -0.05) is 0 Å². The molecule has 3 nitrogen and oxygen atoms in total. The lowest BCUT2D eigenvalue weighted by molar-refractivity contribution is -0.347. The highest BCUT2D eigenvalue weighted by Gasteiger charge is 2.46. The monoisotopic (exact) mass is 142 g/mol. The Morgan fingerprint density at radius 3 is 2.00 bits per heavy atom. The molecule has 0 atom stereocenters. The van der Waals surface area contributed by atoms with Crippen molar-refractivity contribution in [2.45, 2.75) is 6.29 Å². The molecular weight excluding hydrogens is 141 g/mol. The third kappa shape index (κ3) is 1.01. The lowest BCUT2D eigenvalue weighted by Crippen LogP contribution is -2.16. The zero-order valence-corrected chi connectivity index (χ0v) is 3.90. The van der Waals surface area contributed by atoms with E-state index in [1.54, 1.807) is 0 Å². The molecule has 1 rings (SSSR count). The van der Waals surface area contributed by atoms with Gasteiger partial charge in [-0.25, -0.2) is 0 Å². The quantitative estimate of drug-likeness (QED) is 0.552. The Labute approximate surface area is 47.3 Å². The van der Waals surface area contributed by atoms with Crippen LogP contribution < -0.4 is 0 Å². The molecule has 0 aliphatic carbocycles. The second-order valence-corrected chi connectivity index (χ2v) is 1.25. The highest BCUT2D eigenvalue weighted by Crippen LogP contribution is 2.32. The van der Waals surface area contributed by atoms with Crippen molar-refractivity contribution in [3.8, 4) is 0 Å². The number of aliphatic hydroxyl groups excluding tert-OH is 1. The van der Waals surface area contributed by atoms with E-state index in [1.807, 2.05) is 0 Å². The van der Waals surface area contributed by atoms with Crippen LogP contribution in [0.2, 0.25) is 0 Å².